The van der Waals surface area contributed by atoms with Gasteiger partial charge in [0.1, 0.15) is 18.8 Å². The van der Waals surface area contributed by atoms with E-state index in [1.54, 1.807) is 13.0 Å². The monoisotopic (exact) mass is 583 g/mol. The average Bonchev–Trinajstić information content (AvgIpc) is 2.92. The molecular formula is C29H45NO11. The third-order valence-electron chi connectivity index (χ3n) is 5.38. The molecule has 0 bridgehead atoms. The molecule has 0 aromatic heterocycles. The van der Waals surface area contributed by atoms with Crippen LogP contribution in [0.3, 0.4) is 0 Å². The molecule has 0 radical (unpaired) electrons. The summed E-state index contributed by atoms with van der Waals surface area (Å²) < 4.78 is 35.8. The number of carbonyl (C=O) groups excluding carboxylic acids is 4. The average molecular weight is 584 g/mol. The number of carbonyl (C=O) groups is 4. The maximum absolute atomic E-state index is 12.5. The van der Waals surface area contributed by atoms with Gasteiger partial charge in [-0.15, -0.1) is 0 Å². The fourth-order valence-corrected chi connectivity index (χ4v) is 3.22. The first kappa shape index (κ1) is 35.5. The minimum atomic E-state index is -1.09. The van der Waals surface area contributed by atoms with Crippen LogP contribution in [0.1, 0.15) is 78.7 Å². The van der Waals surface area contributed by atoms with E-state index in [2.05, 4.69) is 0 Å². The molecule has 232 valence electrons. The molecule has 1 aromatic carbocycles. The lowest BCUT2D eigenvalue weighted by Gasteiger charge is -2.17. The van der Waals surface area contributed by atoms with Crippen LogP contribution in [-0.2, 0) is 34.9 Å². The normalized spacial score (nSPS) is 12.2. The molecule has 0 amide bonds. The van der Waals surface area contributed by atoms with Gasteiger partial charge in [-0.2, -0.15) is 0 Å². The van der Waals surface area contributed by atoms with Crippen molar-refractivity contribution in [2.45, 2.75) is 91.7 Å². The second-order valence-electron chi connectivity index (χ2n) is 9.92. The Morgan fingerprint density at radius 2 is 1.29 bits per heavy atom. The molecule has 0 heterocycles. The summed E-state index contributed by atoms with van der Waals surface area (Å²) in [5.74, 6) is -0.740. The predicted molar refractivity (Wildman–Crippen MR) is 149 cm³/mol. The number of esters is 1. The van der Waals surface area contributed by atoms with Crippen molar-refractivity contribution in [3.8, 4) is 11.5 Å². The van der Waals surface area contributed by atoms with Crippen molar-refractivity contribution in [1.29, 1.82) is 0 Å². The van der Waals surface area contributed by atoms with Gasteiger partial charge < -0.3 is 38.9 Å². The Hall–Kier alpha value is -3.54. The van der Waals surface area contributed by atoms with Gasteiger partial charge in [0.25, 0.3) is 0 Å². The molecule has 1 rings (SSSR count). The number of benzene rings is 1. The van der Waals surface area contributed by atoms with Crippen molar-refractivity contribution in [2.75, 3.05) is 26.4 Å². The first-order chi connectivity index (χ1) is 19.5. The molecule has 0 aliphatic heterocycles. The Kier molecular flexibility index (Phi) is 17.6. The van der Waals surface area contributed by atoms with Crippen LogP contribution in [0, 0.1) is 5.92 Å². The van der Waals surface area contributed by atoms with Gasteiger partial charge in [0.15, 0.2) is 11.5 Å². The lowest BCUT2D eigenvalue weighted by molar-refractivity contribution is -0.152. The summed E-state index contributed by atoms with van der Waals surface area (Å²) in [6.07, 6.45) is 1.57. The van der Waals surface area contributed by atoms with Crippen LogP contribution in [-0.4, -0.2) is 63.0 Å². The van der Waals surface area contributed by atoms with E-state index in [0.29, 0.717) is 18.4 Å². The summed E-state index contributed by atoms with van der Waals surface area (Å²) >= 11 is 0. The van der Waals surface area contributed by atoms with Crippen molar-refractivity contribution in [2.24, 2.45) is 11.7 Å². The van der Waals surface area contributed by atoms with E-state index < -0.39 is 36.6 Å². The summed E-state index contributed by atoms with van der Waals surface area (Å²) in [7, 11) is 0. The van der Waals surface area contributed by atoms with E-state index in [9.17, 15) is 19.2 Å². The predicted octanol–water partition coefficient (Wildman–Crippen LogP) is 5.71. The molecule has 41 heavy (non-hydrogen) atoms. The Balaban J connectivity index is 2.80. The summed E-state index contributed by atoms with van der Waals surface area (Å²) in [6.45, 7) is 9.75. The van der Waals surface area contributed by atoms with Crippen molar-refractivity contribution < 1.29 is 52.3 Å². The van der Waals surface area contributed by atoms with Crippen LogP contribution in [0.15, 0.2) is 18.2 Å². The molecule has 12 heteroatoms. The highest BCUT2D eigenvalue weighted by Crippen LogP contribution is 2.30. The molecular weight excluding hydrogens is 538 g/mol. The molecule has 0 fully saturated rings. The highest BCUT2D eigenvalue weighted by atomic mass is 16.7. The lowest BCUT2D eigenvalue weighted by atomic mass is 10.1. The van der Waals surface area contributed by atoms with Crippen LogP contribution in [0.5, 0.6) is 11.5 Å². The first-order valence-corrected chi connectivity index (χ1v) is 14.1. The number of hydrogen-bond acceptors (Lipinski definition) is 12. The largest absolute Gasteiger partial charge is 0.513 e. The number of unbranched alkanes of at least 4 members (excludes halogenated alkanes) is 4. The third-order valence-corrected chi connectivity index (χ3v) is 5.38. The van der Waals surface area contributed by atoms with Crippen LogP contribution in [0.4, 0.5) is 14.4 Å². The first-order valence-electron chi connectivity index (χ1n) is 14.1. The minimum absolute atomic E-state index is 0.00644. The Morgan fingerprint density at radius 3 is 1.85 bits per heavy atom. The van der Waals surface area contributed by atoms with Crippen LogP contribution < -0.4 is 15.2 Å². The van der Waals surface area contributed by atoms with Crippen molar-refractivity contribution in [1.82, 2.24) is 0 Å². The van der Waals surface area contributed by atoms with Gasteiger partial charge in [-0.3, -0.25) is 4.79 Å². The van der Waals surface area contributed by atoms with Gasteiger partial charge >= 0.3 is 24.4 Å². The second kappa shape index (κ2) is 20.4. The van der Waals surface area contributed by atoms with Crippen molar-refractivity contribution in [3.05, 3.63) is 23.8 Å². The van der Waals surface area contributed by atoms with Crippen LogP contribution >= 0.6 is 0 Å². The van der Waals surface area contributed by atoms with Crippen molar-refractivity contribution >= 4 is 24.4 Å². The zero-order valence-electron chi connectivity index (χ0n) is 24.8. The van der Waals surface area contributed by atoms with Gasteiger partial charge in [-0.05, 0) is 49.8 Å². The van der Waals surface area contributed by atoms with E-state index in [1.807, 2.05) is 27.7 Å². The van der Waals surface area contributed by atoms with E-state index in [0.717, 1.165) is 25.7 Å². The Bertz CT molecular complexity index is 951. The SMILES string of the molecule is CCCCCOC(=O)Oc1ccc(C[C@H](N)C(=O)O[C@@H](C)COC(=O)OCC(C)C)cc1OC(=O)OCCCCC. The van der Waals surface area contributed by atoms with E-state index in [4.69, 9.17) is 38.9 Å². The molecule has 2 atom stereocenters. The lowest BCUT2D eigenvalue weighted by Crippen LogP contribution is -2.37. The summed E-state index contributed by atoms with van der Waals surface area (Å²) in [4.78, 5) is 48.5. The highest BCUT2D eigenvalue weighted by Gasteiger charge is 2.22. The maximum atomic E-state index is 12.5. The fourth-order valence-electron chi connectivity index (χ4n) is 3.22. The summed E-state index contributed by atoms with van der Waals surface area (Å²) in [5.41, 5.74) is 6.53. The van der Waals surface area contributed by atoms with E-state index in [1.165, 1.54) is 12.1 Å². The highest BCUT2D eigenvalue weighted by molar-refractivity contribution is 5.76. The van der Waals surface area contributed by atoms with Gasteiger partial charge in [0, 0.05) is 0 Å². The standard InChI is InChI=1S/C29H45NO11/c1-6-8-10-14-35-28(33)40-24-13-12-22(17-25(24)41-29(34)36-15-11-9-7-2)16-23(30)26(31)39-21(5)19-38-27(32)37-18-20(3)4/h12-13,17,20-21,23H,6-11,14-16,18-19,30H2,1-5H3/t21-,23-/m0/s1. The zero-order valence-corrected chi connectivity index (χ0v) is 24.8. The molecule has 0 saturated heterocycles. The summed E-state index contributed by atoms with van der Waals surface area (Å²) in [6, 6.07) is 3.29. The van der Waals surface area contributed by atoms with Crippen LogP contribution in [0.2, 0.25) is 0 Å². The summed E-state index contributed by atoms with van der Waals surface area (Å²) in [5, 5.41) is 0. The topological polar surface area (TPSA) is 159 Å². The molecule has 1 aromatic rings. The van der Waals surface area contributed by atoms with Crippen molar-refractivity contribution in [3.63, 3.8) is 0 Å². The maximum Gasteiger partial charge on any atom is 0.513 e. The van der Waals surface area contributed by atoms with Gasteiger partial charge in [-0.1, -0.05) is 59.4 Å². The second-order valence-corrected chi connectivity index (χ2v) is 9.92. The molecule has 0 unspecified atom stereocenters. The quantitative estimate of drug-likeness (QED) is 0.0972. The molecule has 0 aliphatic rings. The third kappa shape index (κ3) is 16.3. The van der Waals surface area contributed by atoms with Crippen LogP contribution in [0.25, 0.3) is 0 Å². The Labute approximate surface area is 242 Å². The molecule has 0 aliphatic carbocycles. The number of nitrogens with two attached hydrogens (primary N) is 1. The Morgan fingerprint density at radius 1 is 0.732 bits per heavy atom. The molecule has 12 nitrogen and oxygen atoms in total. The smallest absolute Gasteiger partial charge is 0.458 e. The molecule has 0 spiro atoms. The van der Waals surface area contributed by atoms with Gasteiger partial charge in [0.2, 0.25) is 0 Å². The number of ether oxygens (including phenoxy) is 7. The molecule has 2 N–H and O–H groups in total. The molecule has 0 saturated carbocycles. The van der Waals surface area contributed by atoms with Gasteiger partial charge in [-0.25, -0.2) is 14.4 Å². The van der Waals surface area contributed by atoms with E-state index in [-0.39, 0.29) is 50.3 Å². The zero-order chi connectivity index (χ0) is 30.6. The fraction of sp³-hybridized carbons (Fsp3) is 0.655. The van der Waals surface area contributed by atoms with E-state index >= 15 is 0 Å². The minimum Gasteiger partial charge on any atom is -0.458 e. The van der Waals surface area contributed by atoms with Gasteiger partial charge in [0.05, 0.1) is 19.8 Å². The number of hydrogen-bond donors (Lipinski definition) is 1. The number of rotatable bonds is 18.